The van der Waals surface area contributed by atoms with Crippen LogP contribution in [-0.2, 0) is 10.0 Å². The molecule has 0 amide bonds. The van der Waals surface area contributed by atoms with E-state index in [2.05, 4.69) is 20.7 Å². The first-order valence-corrected chi connectivity index (χ1v) is 7.25. The number of halogens is 1. The topological polar surface area (TPSA) is 117 Å². The van der Waals surface area contributed by atoms with Gasteiger partial charge in [0.25, 0.3) is 0 Å². The number of aromatic carboxylic acids is 1. The van der Waals surface area contributed by atoms with E-state index < -0.39 is 27.8 Å². The maximum Gasteiger partial charge on any atom is 0.371 e. The van der Waals surface area contributed by atoms with Gasteiger partial charge < -0.3 is 14.6 Å². The fraction of sp³-hybridized carbons (Fsp3) is 0.444. The van der Waals surface area contributed by atoms with E-state index in [0.29, 0.717) is 6.42 Å². The molecule has 0 fully saturated rings. The summed E-state index contributed by atoms with van der Waals surface area (Å²) in [5, 5.41) is 17.6. The molecule has 9 heteroatoms. The Labute approximate surface area is 112 Å². The van der Waals surface area contributed by atoms with Crippen molar-refractivity contribution in [2.45, 2.75) is 24.3 Å². The van der Waals surface area contributed by atoms with Gasteiger partial charge in [-0.05, 0) is 22.4 Å². The number of hydrogen-bond acceptors (Lipinski definition) is 5. The maximum atomic E-state index is 11.9. The minimum atomic E-state index is -3.94. The summed E-state index contributed by atoms with van der Waals surface area (Å²) in [6.45, 7) is 1.35. The molecule has 1 atom stereocenters. The highest BCUT2D eigenvalue weighted by Crippen LogP contribution is 2.26. The van der Waals surface area contributed by atoms with Crippen molar-refractivity contribution in [3.63, 3.8) is 0 Å². The number of carboxylic acids is 1. The molecule has 3 N–H and O–H groups in total. The van der Waals surface area contributed by atoms with Crippen molar-refractivity contribution in [2.75, 3.05) is 6.61 Å². The zero-order valence-corrected chi connectivity index (χ0v) is 11.8. The lowest BCUT2D eigenvalue weighted by molar-refractivity contribution is 0.0661. The highest BCUT2D eigenvalue weighted by atomic mass is 79.9. The first-order valence-electron chi connectivity index (χ1n) is 4.97. The van der Waals surface area contributed by atoms with Gasteiger partial charge >= 0.3 is 5.97 Å². The second-order valence-electron chi connectivity index (χ2n) is 3.46. The van der Waals surface area contributed by atoms with Gasteiger partial charge in [-0.3, -0.25) is 0 Å². The molecule has 1 aromatic heterocycles. The number of carboxylic acid groups (broad SMARTS) is 1. The molecule has 0 aromatic carbocycles. The Morgan fingerprint density at radius 2 is 2.22 bits per heavy atom. The van der Waals surface area contributed by atoms with E-state index in [1.807, 2.05) is 0 Å². The Bertz CT molecular complexity index is 533. The SMILES string of the molecule is CCC(CO)NS(=O)(=O)c1cc(C(=O)O)oc1Br. The van der Waals surface area contributed by atoms with E-state index >= 15 is 0 Å². The zero-order valence-electron chi connectivity index (χ0n) is 9.38. The average Bonchev–Trinajstić information content (AvgIpc) is 2.69. The molecule has 1 rings (SSSR count). The predicted molar refractivity (Wildman–Crippen MR) is 64.9 cm³/mol. The molecule has 1 aromatic rings. The van der Waals surface area contributed by atoms with E-state index in [4.69, 9.17) is 14.6 Å². The van der Waals surface area contributed by atoms with Gasteiger partial charge in [0.05, 0.1) is 6.61 Å². The summed E-state index contributed by atoms with van der Waals surface area (Å²) in [7, 11) is -3.94. The van der Waals surface area contributed by atoms with Crippen LogP contribution < -0.4 is 4.72 Å². The molecule has 0 aliphatic heterocycles. The van der Waals surface area contributed by atoms with Crippen LogP contribution in [0.5, 0.6) is 0 Å². The second kappa shape index (κ2) is 5.83. The van der Waals surface area contributed by atoms with Crippen molar-refractivity contribution >= 4 is 31.9 Å². The minimum absolute atomic E-state index is 0.194. The minimum Gasteiger partial charge on any atom is -0.475 e. The second-order valence-corrected chi connectivity index (χ2v) is 5.87. The summed E-state index contributed by atoms with van der Waals surface area (Å²) < 4.78 is 30.6. The third kappa shape index (κ3) is 3.31. The van der Waals surface area contributed by atoms with Gasteiger partial charge in [0.2, 0.25) is 15.8 Å². The molecule has 0 saturated heterocycles. The van der Waals surface area contributed by atoms with Crippen molar-refractivity contribution in [3.05, 3.63) is 16.5 Å². The van der Waals surface area contributed by atoms with Crippen LogP contribution in [0.3, 0.4) is 0 Å². The number of carbonyl (C=O) groups is 1. The smallest absolute Gasteiger partial charge is 0.371 e. The van der Waals surface area contributed by atoms with E-state index in [-0.39, 0.29) is 16.2 Å². The molecule has 0 bridgehead atoms. The summed E-state index contributed by atoms with van der Waals surface area (Å²) in [5.41, 5.74) is 0. The lowest BCUT2D eigenvalue weighted by atomic mass is 10.3. The van der Waals surface area contributed by atoms with Crippen LogP contribution in [0, 0.1) is 0 Å². The predicted octanol–water partition coefficient (Wildman–Crippen LogP) is 0.790. The van der Waals surface area contributed by atoms with Crippen LogP contribution in [0.1, 0.15) is 23.9 Å². The quantitative estimate of drug-likeness (QED) is 0.704. The van der Waals surface area contributed by atoms with Crippen LogP contribution in [-0.4, -0.2) is 37.2 Å². The van der Waals surface area contributed by atoms with Crippen molar-refractivity contribution in [2.24, 2.45) is 0 Å². The van der Waals surface area contributed by atoms with Gasteiger partial charge in [-0.15, -0.1) is 0 Å². The summed E-state index contributed by atoms with van der Waals surface area (Å²) >= 11 is 2.84. The fourth-order valence-electron chi connectivity index (χ4n) is 1.17. The Hall–Kier alpha value is -0.900. The molecule has 0 spiro atoms. The number of sulfonamides is 1. The van der Waals surface area contributed by atoms with Gasteiger partial charge in [-0.1, -0.05) is 6.92 Å². The number of aliphatic hydroxyl groups is 1. The third-order valence-corrected chi connectivity index (χ3v) is 4.57. The van der Waals surface area contributed by atoms with Gasteiger partial charge in [-0.25, -0.2) is 17.9 Å². The number of aliphatic hydroxyl groups excluding tert-OH is 1. The molecule has 7 nitrogen and oxygen atoms in total. The van der Waals surface area contributed by atoms with Gasteiger partial charge in [0.1, 0.15) is 4.90 Å². The van der Waals surface area contributed by atoms with E-state index in [0.717, 1.165) is 6.07 Å². The van der Waals surface area contributed by atoms with Crippen molar-refractivity contribution in [3.8, 4) is 0 Å². The van der Waals surface area contributed by atoms with Crippen LogP contribution in [0.25, 0.3) is 0 Å². The average molecular weight is 342 g/mol. The van der Waals surface area contributed by atoms with Gasteiger partial charge in [0, 0.05) is 12.1 Å². The van der Waals surface area contributed by atoms with Crippen molar-refractivity contribution < 1.29 is 27.8 Å². The summed E-state index contributed by atoms with van der Waals surface area (Å²) in [6, 6.07) is 0.267. The standard InChI is InChI=1S/C9H12BrNO6S/c1-2-5(4-12)11-18(15,16)7-3-6(9(13)14)17-8(7)10/h3,5,11-12H,2,4H2,1H3,(H,13,14). The zero-order chi connectivity index (χ0) is 13.9. The fourth-order valence-corrected chi connectivity index (χ4v) is 3.42. The largest absolute Gasteiger partial charge is 0.475 e. The molecular weight excluding hydrogens is 330 g/mol. The van der Waals surface area contributed by atoms with Crippen LogP contribution in [0.4, 0.5) is 0 Å². The maximum absolute atomic E-state index is 11.9. The first-order chi connectivity index (χ1) is 8.31. The Morgan fingerprint density at radius 3 is 2.61 bits per heavy atom. The first kappa shape index (κ1) is 15.2. The van der Waals surface area contributed by atoms with Crippen molar-refractivity contribution in [1.29, 1.82) is 0 Å². The Balaban J connectivity index is 3.09. The molecule has 0 saturated carbocycles. The van der Waals surface area contributed by atoms with E-state index in [1.54, 1.807) is 6.92 Å². The Morgan fingerprint density at radius 1 is 1.61 bits per heavy atom. The third-order valence-electron chi connectivity index (χ3n) is 2.19. The lowest BCUT2D eigenvalue weighted by Gasteiger charge is -2.13. The van der Waals surface area contributed by atoms with Crippen molar-refractivity contribution in [1.82, 2.24) is 4.72 Å². The lowest BCUT2D eigenvalue weighted by Crippen LogP contribution is -2.36. The van der Waals surface area contributed by atoms with Crippen LogP contribution in [0.15, 0.2) is 20.0 Å². The normalized spacial score (nSPS) is 13.5. The number of furan rings is 1. The highest BCUT2D eigenvalue weighted by molar-refractivity contribution is 9.10. The number of rotatable bonds is 6. The van der Waals surface area contributed by atoms with Crippen LogP contribution in [0.2, 0.25) is 0 Å². The number of hydrogen-bond donors (Lipinski definition) is 3. The highest BCUT2D eigenvalue weighted by Gasteiger charge is 2.26. The molecule has 0 aliphatic rings. The summed E-state index contributed by atoms with van der Waals surface area (Å²) in [5.74, 6) is -1.86. The summed E-state index contributed by atoms with van der Waals surface area (Å²) in [4.78, 5) is 10.3. The Kier molecular flexibility index (Phi) is 4.91. The molecular formula is C9H12BrNO6S. The molecule has 1 heterocycles. The van der Waals surface area contributed by atoms with E-state index in [1.165, 1.54) is 0 Å². The molecule has 18 heavy (non-hydrogen) atoms. The molecule has 0 aliphatic carbocycles. The number of nitrogens with one attached hydrogen (secondary N) is 1. The molecule has 102 valence electrons. The van der Waals surface area contributed by atoms with Gasteiger partial charge in [0.15, 0.2) is 4.67 Å². The van der Waals surface area contributed by atoms with Crippen LogP contribution >= 0.6 is 15.9 Å². The summed E-state index contributed by atoms with van der Waals surface area (Å²) in [6.07, 6.45) is 0.400. The van der Waals surface area contributed by atoms with Gasteiger partial charge in [-0.2, -0.15) is 0 Å². The monoisotopic (exact) mass is 341 g/mol. The van der Waals surface area contributed by atoms with E-state index in [9.17, 15) is 13.2 Å². The molecule has 1 unspecified atom stereocenters. The molecule has 0 radical (unpaired) electrons.